The summed E-state index contributed by atoms with van der Waals surface area (Å²) in [6.45, 7) is 0.859. The smallest absolute Gasteiger partial charge is 0.191 e. The molecule has 0 aliphatic carbocycles. The van der Waals surface area contributed by atoms with Crippen molar-refractivity contribution in [3.05, 3.63) is 113 Å². The van der Waals surface area contributed by atoms with Crippen LogP contribution >= 0.6 is 11.6 Å². The lowest BCUT2D eigenvalue weighted by Gasteiger charge is -2.08. The molecule has 0 bridgehead atoms. The fourth-order valence-electron chi connectivity index (χ4n) is 3.27. The number of nitrogens with zero attached hydrogens (tertiary/aromatic N) is 1. The van der Waals surface area contributed by atoms with Crippen molar-refractivity contribution < 1.29 is 4.57 Å². The summed E-state index contributed by atoms with van der Waals surface area (Å²) in [5.41, 5.74) is 5.07. The van der Waals surface area contributed by atoms with E-state index in [2.05, 4.69) is 77.4 Å². The van der Waals surface area contributed by atoms with Crippen LogP contribution in [0.25, 0.3) is 10.9 Å². The minimum absolute atomic E-state index is 0.785. The molecule has 0 spiro atoms. The average Bonchev–Trinajstić information content (AvgIpc) is 2.64. The number of fused-ring (bicyclic) bond motifs is 1. The molecule has 4 rings (SSSR count). The van der Waals surface area contributed by atoms with Crippen molar-refractivity contribution in [1.29, 1.82) is 0 Å². The lowest BCUT2D eigenvalue weighted by molar-refractivity contribution is -0.669. The van der Waals surface area contributed by atoms with Gasteiger partial charge in [-0.3, -0.25) is 0 Å². The van der Waals surface area contributed by atoms with E-state index in [1.165, 1.54) is 27.7 Å². The third kappa shape index (κ3) is 3.57. The lowest BCUT2D eigenvalue weighted by atomic mass is 10.1. The second-order valence-electron chi connectivity index (χ2n) is 6.26. The highest BCUT2D eigenvalue weighted by Crippen LogP contribution is 2.17. The van der Waals surface area contributed by atoms with E-state index in [0.717, 1.165) is 18.0 Å². The molecule has 0 saturated heterocycles. The van der Waals surface area contributed by atoms with Crippen LogP contribution in [-0.4, -0.2) is 0 Å². The minimum atomic E-state index is 0.785. The molecule has 0 amide bonds. The van der Waals surface area contributed by atoms with Crippen molar-refractivity contribution in [2.75, 3.05) is 0 Å². The number of hydrogen-bond acceptors (Lipinski definition) is 0. The van der Waals surface area contributed by atoms with Gasteiger partial charge >= 0.3 is 0 Å². The van der Waals surface area contributed by atoms with Crippen LogP contribution in [0.5, 0.6) is 0 Å². The van der Waals surface area contributed by atoms with Crippen LogP contribution in [0.1, 0.15) is 16.8 Å². The Balaban J connectivity index is 1.81. The standard InChI is InChI=1S/C23H19ClN/c24-21-11-6-9-19(15-21)16-22-14-13-20-10-4-5-12-23(20)25(22)17-18-7-2-1-3-8-18/h1-15H,16-17H2/q+1. The van der Waals surface area contributed by atoms with E-state index in [1.807, 2.05) is 18.2 Å². The summed E-state index contributed by atoms with van der Waals surface area (Å²) in [5, 5.41) is 2.04. The molecule has 122 valence electrons. The molecule has 1 heterocycles. The fraction of sp³-hybridized carbons (Fsp3) is 0.0870. The van der Waals surface area contributed by atoms with Crippen LogP contribution in [0.3, 0.4) is 0 Å². The largest absolute Gasteiger partial charge is 0.212 e. The van der Waals surface area contributed by atoms with Gasteiger partial charge < -0.3 is 0 Å². The van der Waals surface area contributed by atoms with Crippen molar-refractivity contribution in [2.45, 2.75) is 13.0 Å². The zero-order valence-corrected chi connectivity index (χ0v) is 14.7. The van der Waals surface area contributed by atoms with Gasteiger partial charge in [0.2, 0.25) is 5.52 Å². The molecule has 4 aromatic rings. The van der Waals surface area contributed by atoms with Gasteiger partial charge in [0.15, 0.2) is 12.2 Å². The Bertz CT molecular complexity index is 1010. The summed E-state index contributed by atoms with van der Waals surface area (Å²) in [7, 11) is 0. The van der Waals surface area contributed by atoms with Gasteiger partial charge in [-0.1, -0.05) is 66.2 Å². The van der Waals surface area contributed by atoms with Crippen molar-refractivity contribution in [1.82, 2.24) is 0 Å². The van der Waals surface area contributed by atoms with Crippen LogP contribution in [0.15, 0.2) is 91.0 Å². The first-order chi connectivity index (χ1) is 12.3. The van der Waals surface area contributed by atoms with Gasteiger partial charge in [0.05, 0.1) is 6.42 Å². The number of halogens is 1. The van der Waals surface area contributed by atoms with E-state index in [4.69, 9.17) is 11.6 Å². The molecule has 1 nitrogen and oxygen atoms in total. The second kappa shape index (κ2) is 7.08. The molecule has 2 heteroatoms. The van der Waals surface area contributed by atoms with Crippen LogP contribution < -0.4 is 4.57 Å². The molecule has 0 aliphatic heterocycles. The molecule has 0 atom stereocenters. The van der Waals surface area contributed by atoms with E-state index in [9.17, 15) is 0 Å². The quantitative estimate of drug-likeness (QED) is 0.435. The van der Waals surface area contributed by atoms with Crippen molar-refractivity contribution in [3.8, 4) is 0 Å². The minimum Gasteiger partial charge on any atom is -0.191 e. The third-order valence-corrected chi connectivity index (χ3v) is 4.72. The Kier molecular flexibility index (Phi) is 4.49. The average molecular weight is 345 g/mol. The zero-order valence-electron chi connectivity index (χ0n) is 13.9. The van der Waals surface area contributed by atoms with E-state index in [1.54, 1.807) is 0 Å². The molecule has 0 saturated carbocycles. The van der Waals surface area contributed by atoms with Crippen molar-refractivity contribution >= 4 is 22.5 Å². The van der Waals surface area contributed by atoms with E-state index < -0.39 is 0 Å². The highest BCUT2D eigenvalue weighted by atomic mass is 35.5. The Morgan fingerprint density at radius 1 is 0.680 bits per heavy atom. The molecular formula is C23H19ClN+. The van der Waals surface area contributed by atoms with Gasteiger partial charge in [0.25, 0.3) is 0 Å². The summed E-state index contributed by atoms with van der Waals surface area (Å²) in [6, 6.07) is 31.7. The monoisotopic (exact) mass is 344 g/mol. The van der Waals surface area contributed by atoms with Crippen molar-refractivity contribution in [3.63, 3.8) is 0 Å². The Hall–Kier alpha value is -2.64. The summed E-state index contributed by atoms with van der Waals surface area (Å²) in [4.78, 5) is 0. The topological polar surface area (TPSA) is 3.88 Å². The second-order valence-corrected chi connectivity index (χ2v) is 6.70. The number of para-hydroxylation sites is 1. The van der Waals surface area contributed by atoms with E-state index in [0.29, 0.717) is 0 Å². The van der Waals surface area contributed by atoms with Crippen LogP contribution in [0, 0.1) is 0 Å². The molecule has 0 N–H and O–H groups in total. The summed E-state index contributed by atoms with van der Waals surface area (Å²) in [5.74, 6) is 0. The highest BCUT2D eigenvalue weighted by Gasteiger charge is 2.16. The van der Waals surface area contributed by atoms with Gasteiger partial charge in [0.1, 0.15) is 0 Å². The first kappa shape index (κ1) is 15.9. The first-order valence-corrected chi connectivity index (χ1v) is 8.86. The zero-order chi connectivity index (χ0) is 17.1. The van der Waals surface area contributed by atoms with Gasteiger partial charge in [0, 0.05) is 28.1 Å². The van der Waals surface area contributed by atoms with E-state index in [-0.39, 0.29) is 0 Å². The molecular weight excluding hydrogens is 326 g/mol. The number of benzene rings is 3. The molecule has 0 unspecified atom stereocenters. The summed E-state index contributed by atoms with van der Waals surface area (Å²) in [6.07, 6.45) is 0.859. The van der Waals surface area contributed by atoms with Gasteiger partial charge in [-0.05, 0) is 29.8 Å². The predicted octanol–water partition coefficient (Wildman–Crippen LogP) is 5.42. The van der Waals surface area contributed by atoms with E-state index >= 15 is 0 Å². The first-order valence-electron chi connectivity index (χ1n) is 8.48. The van der Waals surface area contributed by atoms with Crippen LogP contribution in [-0.2, 0) is 13.0 Å². The number of aromatic nitrogens is 1. The number of pyridine rings is 1. The lowest BCUT2D eigenvalue weighted by Crippen LogP contribution is -2.40. The highest BCUT2D eigenvalue weighted by molar-refractivity contribution is 6.30. The Morgan fingerprint density at radius 2 is 1.44 bits per heavy atom. The maximum Gasteiger partial charge on any atom is 0.212 e. The van der Waals surface area contributed by atoms with Crippen LogP contribution in [0.2, 0.25) is 5.02 Å². The maximum absolute atomic E-state index is 6.17. The van der Waals surface area contributed by atoms with Gasteiger partial charge in [-0.15, -0.1) is 0 Å². The van der Waals surface area contributed by atoms with Crippen molar-refractivity contribution in [2.24, 2.45) is 0 Å². The molecule has 1 aromatic heterocycles. The molecule has 0 aliphatic rings. The predicted molar refractivity (Wildman–Crippen MR) is 104 cm³/mol. The number of hydrogen-bond donors (Lipinski definition) is 0. The number of rotatable bonds is 4. The summed E-state index contributed by atoms with van der Waals surface area (Å²) >= 11 is 6.17. The molecule has 0 fully saturated rings. The Labute approximate surface area is 153 Å². The normalized spacial score (nSPS) is 10.9. The summed E-state index contributed by atoms with van der Waals surface area (Å²) < 4.78 is 2.41. The van der Waals surface area contributed by atoms with Crippen LogP contribution in [0.4, 0.5) is 0 Å². The fourth-order valence-corrected chi connectivity index (χ4v) is 3.48. The van der Waals surface area contributed by atoms with Gasteiger partial charge in [-0.2, -0.15) is 4.57 Å². The molecule has 3 aromatic carbocycles. The maximum atomic E-state index is 6.17. The third-order valence-electron chi connectivity index (χ3n) is 4.49. The molecule has 0 radical (unpaired) electrons. The van der Waals surface area contributed by atoms with Gasteiger partial charge in [-0.25, -0.2) is 0 Å². The Morgan fingerprint density at radius 3 is 2.28 bits per heavy atom. The molecule has 25 heavy (non-hydrogen) atoms. The SMILES string of the molecule is Clc1cccc(Cc2ccc3ccccc3[n+]2Cc2ccccc2)c1.